The van der Waals surface area contributed by atoms with Gasteiger partial charge in [0, 0.05) is 18.7 Å². The molecule has 1 fully saturated rings. The molecule has 2 aromatic carbocycles. The van der Waals surface area contributed by atoms with E-state index in [2.05, 4.69) is 10.5 Å². The number of carbonyl (C=O) groups is 1. The largest absolute Gasteiger partial charge is 0.379 e. The predicted octanol–water partition coefficient (Wildman–Crippen LogP) is 2.70. The number of morpholine rings is 1. The van der Waals surface area contributed by atoms with E-state index in [1.165, 1.54) is 34.8 Å². The fraction of sp³-hybridized carbons (Fsp3) is 0.200. The van der Waals surface area contributed by atoms with E-state index in [1.807, 2.05) is 30.3 Å². The minimum atomic E-state index is -3.68. The van der Waals surface area contributed by atoms with Crippen molar-refractivity contribution in [1.82, 2.24) is 9.73 Å². The average molecular weight is 434 g/mol. The normalized spacial score (nSPS) is 16.1. The lowest BCUT2D eigenvalue weighted by molar-refractivity contribution is 0.0730. The summed E-state index contributed by atoms with van der Waals surface area (Å²) in [4.78, 5) is 12.4. The first-order valence-corrected chi connectivity index (χ1v) is 10.7. The summed E-state index contributed by atoms with van der Waals surface area (Å²) >= 11 is 6.08. The molecule has 1 aliphatic heterocycles. The molecule has 29 heavy (non-hydrogen) atoms. The number of amides is 1. The fourth-order valence-electron chi connectivity index (χ4n) is 2.70. The molecule has 3 rings (SSSR count). The Morgan fingerprint density at radius 2 is 1.83 bits per heavy atom. The molecular weight excluding hydrogens is 414 g/mol. The van der Waals surface area contributed by atoms with Crippen molar-refractivity contribution in [2.75, 3.05) is 26.3 Å². The number of hydrogen-bond donors (Lipinski definition) is 1. The Morgan fingerprint density at radius 3 is 2.55 bits per heavy atom. The topological polar surface area (TPSA) is 88.1 Å². The van der Waals surface area contributed by atoms with Gasteiger partial charge in [0.25, 0.3) is 5.91 Å². The van der Waals surface area contributed by atoms with Crippen LogP contribution in [0.15, 0.2) is 69.6 Å². The molecule has 0 spiro atoms. The smallest absolute Gasteiger partial charge is 0.271 e. The van der Waals surface area contributed by atoms with E-state index >= 15 is 0 Å². The zero-order chi connectivity index (χ0) is 20.7. The van der Waals surface area contributed by atoms with Crippen LogP contribution in [0, 0.1) is 0 Å². The van der Waals surface area contributed by atoms with E-state index in [-0.39, 0.29) is 23.5 Å². The Morgan fingerprint density at radius 1 is 1.10 bits per heavy atom. The van der Waals surface area contributed by atoms with Gasteiger partial charge in [-0.2, -0.15) is 9.41 Å². The van der Waals surface area contributed by atoms with Gasteiger partial charge in [-0.3, -0.25) is 4.79 Å². The second-order valence-corrected chi connectivity index (χ2v) is 8.56. The quantitative estimate of drug-likeness (QED) is 0.560. The molecule has 152 valence electrons. The number of rotatable bonds is 6. The lowest BCUT2D eigenvalue weighted by Gasteiger charge is -2.26. The van der Waals surface area contributed by atoms with Crippen molar-refractivity contribution in [3.8, 4) is 0 Å². The number of benzene rings is 2. The number of nitrogens with zero attached hydrogens (tertiary/aromatic N) is 2. The Labute approximate surface area is 174 Å². The molecule has 1 heterocycles. The number of hydrazone groups is 1. The van der Waals surface area contributed by atoms with Gasteiger partial charge in [0.2, 0.25) is 10.0 Å². The van der Waals surface area contributed by atoms with Crippen molar-refractivity contribution >= 4 is 39.8 Å². The van der Waals surface area contributed by atoms with Crippen LogP contribution >= 0.6 is 11.6 Å². The third kappa shape index (κ3) is 5.74. The van der Waals surface area contributed by atoms with Crippen LogP contribution in [0.4, 0.5) is 0 Å². The molecule has 0 radical (unpaired) electrons. The van der Waals surface area contributed by atoms with Crippen LogP contribution in [0.3, 0.4) is 0 Å². The summed E-state index contributed by atoms with van der Waals surface area (Å²) in [5.74, 6) is -0.538. The third-order valence-electron chi connectivity index (χ3n) is 4.16. The summed E-state index contributed by atoms with van der Waals surface area (Å²) in [7, 11) is -3.68. The highest BCUT2D eigenvalue weighted by Crippen LogP contribution is 2.18. The first-order valence-electron chi connectivity index (χ1n) is 8.90. The van der Waals surface area contributed by atoms with Gasteiger partial charge in [0.15, 0.2) is 0 Å². The molecule has 0 bridgehead atoms. The SMILES string of the molecule is O=C(NN=CC(Cl)=Cc1ccccc1)c1cccc(S(=O)(=O)N2CCOCC2)c1. The van der Waals surface area contributed by atoms with Gasteiger partial charge in [0.05, 0.1) is 29.4 Å². The lowest BCUT2D eigenvalue weighted by atomic mass is 10.2. The zero-order valence-electron chi connectivity index (χ0n) is 15.5. The van der Waals surface area contributed by atoms with Crippen LogP contribution in [0.5, 0.6) is 0 Å². The first kappa shape index (κ1) is 21.2. The van der Waals surface area contributed by atoms with Gasteiger partial charge >= 0.3 is 0 Å². The second-order valence-electron chi connectivity index (χ2n) is 6.18. The maximum Gasteiger partial charge on any atom is 0.271 e. The number of hydrogen-bond acceptors (Lipinski definition) is 5. The van der Waals surface area contributed by atoms with E-state index in [0.29, 0.717) is 18.2 Å². The van der Waals surface area contributed by atoms with Gasteiger partial charge < -0.3 is 4.74 Å². The Kier molecular flexibility index (Phi) is 7.16. The maximum atomic E-state index is 12.7. The van der Waals surface area contributed by atoms with E-state index in [9.17, 15) is 13.2 Å². The van der Waals surface area contributed by atoms with Crippen molar-refractivity contribution < 1.29 is 17.9 Å². The molecule has 0 unspecified atom stereocenters. The second kappa shape index (κ2) is 9.80. The molecule has 0 aromatic heterocycles. The van der Waals surface area contributed by atoms with E-state index < -0.39 is 15.9 Å². The highest BCUT2D eigenvalue weighted by atomic mass is 35.5. The molecular formula is C20H20ClN3O4S. The molecule has 7 nitrogen and oxygen atoms in total. The van der Waals surface area contributed by atoms with Crippen LogP contribution in [0.2, 0.25) is 0 Å². The molecule has 1 amide bonds. The van der Waals surface area contributed by atoms with Crippen LogP contribution in [-0.2, 0) is 14.8 Å². The summed E-state index contributed by atoms with van der Waals surface area (Å²) in [5.41, 5.74) is 3.43. The number of ether oxygens (including phenoxy) is 1. The van der Waals surface area contributed by atoms with Crippen molar-refractivity contribution in [3.63, 3.8) is 0 Å². The Hall–Kier alpha value is -2.52. The number of nitrogens with one attached hydrogen (secondary N) is 1. The van der Waals surface area contributed by atoms with Crippen LogP contribution in [-0.4, -0.2) is 51.1 Å². The lowest BCUT2D eigenvalue weighted by Crippen LogP contribution is -2.40. The Bertz CT molecular complexity index is 1020. The highest BCUT2D eigenvalue weighted by Gasteiger charge is 2.26. The molecule has 0 atom stereocenters. The van der Waals surface area contributed by atoms with Crippen molar-refractivity contribution in [2.24, 2.45) is 5.10 Å². The van der Waals surface area contributed by atoms with Crippen LogP contribution in [0.25, 0.3) is 6.08 Å². The summed E-state index contributed by atoms with van der Waals surface area (Å²) in [6.45, 7) is 1.28. The fourth-order valence-corrected chi connectivity index (χ4v) is 4.33. The van der Waals surface area contributed by atoms with Gasteiger partial charge in [-0.15, -0.1) is 0 Å². The van der Waals surface area contributed by atoms with Crippen LogP contribution < -0.4 is 5.43 Å². The molecule has 2 aromatic rings. The Balaban J connectivity index is 1.67. The van der Waals surface area contributed by atoms with Gasteiger partial charge in [-0.1, -0.05) is 48.0 Å². The molecule has 1 aliphatic rings. The molecule has 9 heteroatoms. The summed E-state index contributed by atoms with van der Waals surface area (Å²) in [5, 5.41) is 4.16. The first-order chi connectivity index (χ1) is 14.0. The third-order valence-corrected chi connectivity index (χ3v) is 6.26. The number of halogens is 1. The highest BCUT2D eigenvalue weighted by molar-refractivity contribution is 7.89. The van der Waals surface area contributed by atoms with Crippen molar-refractivity contribution in [3.05, 3.63) is 70.8 Å². The van der Waals surface area contributed by atoms with Crippen molar-refractivity contribution in [1.29, 1.82) is 0 Å². The maximum absolute atomic E-state index is 12.7. The number of allylic oxidation sites excluding steroid dienone is 1. The molecule has 1 saturated heterocycles. The average Bonchev–Trinajstić information content (AvgIpc) is 2.75. The summed E-state index contributed by atoms with van der Waals surface area (Å²) < 4.78 is 32.0. The van der Waals surface area contributed by atoms with E-state index in [1.54, 1.807) is 6.08 Å². The summed E-state index contributed by atoms with van der Waals surface area (Å²) in [6.07, 6.45) is 3.01. The molecule has 0 aliphatic carbocycles. The van der Waals surface area contributed by atoms with Crippen LogP contribution in [0.1, 0.15) is 15.9 Å². The van der Waals surface area contributed by atoms with Gasteiger partial charge in [-0.05, 0) is 29.8 Å². The number of carbonyl (C=O) groups excluding carboxylic acids is 1. The summed E-state index contributed by atoms with van der Waals surface area (Å²) in [6, 6.07) is 15.3. The monoisotopic (exact) mass is 433 g/mol. The van der Waals surface area contributed by atoms with Gasteiger partial charge in [-0.25, -0.2) is 13.8 Å². The minimum Gasteiger partial charge on any atom is -0.379 e. The predicted molar refractivity (Wildman–Crippen MR) is 112 cm³/mol. The molecule has 0 saturated carbocycles. The minimum absolute atomic E-state index is 0.0537. The van der Waals surface area contributed by atoms with E-state index in [4.69, 9.17) is 16.3 Å². The van der Waals surface area contributed by atoms with Crippen molar-refractivity contribution in [2.45, 2.75) is 4.90 Å². The van der Waals surface area contributed by atoms with Gasteiger partial charge in [0.1, 0.15) is 0 Å². The van der Waals surface area contributed by atoms with E-state index in [0.717, 1.165) is 5.56 Å². The number of sulfonamides is 1. The molecule has 1 N–H and O–H groups in total. The zero-order valence-corrected chi connectivity index (χ0v) is 17.1. The standard InChI is InChI=1S/C20H20ClN3O4S/c21-18(13-16-5-2-1-3-6-16)15-22-23-20(25)17-7-4-8-19(14-17)29(26,27)24-9-11-28-12-10-24/h1-8,13-15H,9-12H2,(H,23,25).